The average Bonchev–Trinajstić information content (AvgIpc) is 2.81. The summed E-state index contributed by atoms with van der Waals surface area (Å²) in [7, 11) is 0. The SMILES string of the molecule is CC(N)c1ccc(-c2cn3ccc(Cl)cc3n2)cc1. The number of nitrogens with zero attached hydrogens (tertiary/aromatic N) is 2. The number of benzene rings is 1. The van der Waals surface area contributed by atoms with Crippen molar-refractivity contribution < 1.29 is 0 Å². The van der Waals surface area contributed by atoms with E-state index in [1.165, 1.54) is 0 Å². The lowest BCUT2D eigenvalue weighted by Gasteiger charge is -2.05. The molecule has 3 aromatic rings. The molecule has 0 aliphatic rings. The van der Waals surface area contributed by atoms with Crippen LogP contribution in [0.5, 0.6) is 0 Å². The molecule has 96 valence electrons. The van der Waals surface area contributed by atoms with Gasteiger partial charge in [0.05, 0.1) is 5.69 Å². The van der Waals surface area contributed by atoms with Gasteiger partial charge in [0.2, 0.25) is 0 Å². The summed E-state index contributed by atoms with van der Waals surface area (Å²) in [5.41, 5.74) is 9.82. The minimum absolute atomic E-state index is 0.0499. The predicted octanol–water partition coefficient (Wildman–Crippen LogP) is 3.67. The van der Waals surface area contributed by atoms with Crippen LogP contribution in [0.3, 0.4) is 0 Å². The second-order valence-corrected chi connectivity index (χ2v) is 5.08. The second-order valence-electron chi connectivity index (χ2n) is 4.65. The number of imidazole rings is 1. The highest BCUT2D eigenvalue weighted by atomic mass is 35.5. The normalized spacial score (nSPS) is 12.8. The summed E-state index contributed by atoms with van der Waals surface area (Å²) in [4.78, 5) is 4.57. The van der Waals surface area contributed by atoms with Gasteiger partial charge in [-0.3, -0.25) is 0 Å². The highest BCUT2D eigenvalue weighted by Gasteiger charge is 2.05. The molecule has 0 aliphatic carbocycles. The largest absolute Gasteiger partial charge is 0.324 e. The number of aromatic nitrogens is 2. The minimum Gasteiger partial charge on any atom is -0.324 e. The number of pyridine rings is 1. The van der Waals surface area contributed by atoms with Crippen LogP contribution in [0.4, 0.5) is 0 Å². The van der Waals surface area contributed by atoms with Crippen LogP contribution in [0, 0.1) is 0 Å². The van der Waals surface area contributed by atoms with Gasteiger partial charge in [0.15, 0.2) is 0 Å². The van der Waals surface area contributed by atoms with Gasteiger partial charge in [-0.1, -0.05) is 35.9 Å². The van der Waals surface area contributed by atoms with Crippen molar-refractivity contribution in [3.63, 3.8) is 0 Å². The maximum absolute atomic E-state index is 5.96. The summed E-state index contributed by atoms with van der Waals surface area (Å²) in [6.45, 7) is 1.97. The Morgan fingerprint density at radius 1 is 1.21 bits per heavy atom. The maximum atomic E-state index is 5.96. The smallest absolute Gasteiger partial charge is 0.138 e. The lowest BCUT2D eigenvalue weighted by atomic mass is 10.1. The summed E-state index contributed by atoms with van der Waals surface area (Å²) in [6, 6.07) is 11.9. The molecule has 4 heteroatoms. The molecule has 0 spiro atoms. The first-order valence-electron chi connectivity index (χ1n) is 6.13. The molecule has 0 radical (unpaired) electrons. The number of nitrogens with two attached hydrogens (primary N) is 1. The first kappa shape index (κ1) is 12.2. The fourth-order valence-electron chi connectivity index (χ4n) is 2.05. The van der Waals surface area contributed by atoms with Crippen LogP contribution in [0.25, 0.3) is 16.9 Å². The van der Waals surface area contributed by atoms with E-state index < -0.39 is 0 Å². The van der Waals surface area contributed by atoms with Crippen LogP contribution in [-0.4, -0.2) is 9.38 Å². The standard InChI is InChI=1S/C15H14ClN3/c1-10(17)11-2-4-12(5-3-11)14-9-19-7-6-13(16)8-15(19)18-14/h2-10H,17H2,1H3. The molecule has 0 saturated carbocycles. The fourth-order valence-corrected chi connectivity index (χ4v) is 2.21. The zero-order chi connectivity index (χ0) is 13.4. The Hall–Kier alpha value is -1.84. The molecule has 19 heavy (non-hydrogen) atoms. The van der Waals surface area contributed by atoms with Crippen LogP contribution in [-0.2, 0) is 0 Å². The van der Waals surface area contributed by atoms with Crippen LogP contribution in [0.15, 0.2) is 48.8 Å². The quantitative estimate of drug-likeness (QED) is 0.773. The van der Waals surface area contributed by atoms with Gasteiger partial charge in [-0.15, -0.1) is 0 Å². The Labute approximate surface area is 116 Å². The highest BCUT2D eigenvalue weighted by Crippen LogP contribution is 2.22. The van der Waals surface area contributed by atoms with Crippen LogP contribution in [0.1, 0.15) is 18.5 Å². The third kappa shape index (κ3) is 2.35. The summed E-state index contributed by atoms with van der Waals surface area (Å²) < 4.78 is 1.96. The highest BCUT2D eigenvalue weighted by molar-refractivity contribution is 6.30. The average molecular weight is 272 g/mol. The molecular formula is C15H14ClN3. The Morgan fingerprint density at radius 3 is 2.63 bits per heavy atom. The molecule has 3 rings (SSSR count). The molecule has 0 bridgehead atoms. The second kappa shape index (κ2) is 4.68. The van der Waals surface area contributed by atoms with Gasteiger partial charge >= 0.3 is 0 Å². The topological polar surface area (TPSA) is 43.3 Å². The Bertz CT molecular complexity index is 714. The summed E-state index contributed by atoms with van der Waals surface area (Å²) >= 11 is 5.96. The van der Waals surface area contributed by atoms with Crippen molar-refractivity contribution in [2.75, 3.05) is 0 Å². The minimum atomic E-state index is 0.0499. The molecule has 2 heterocycles. The molecule has 1 aromatic carbocycles. The van der Waals surface area contributed by atoms with E-state index in [2.05, 4.69) is 4.98 Å². The number of hydrogen-bond acceptors (Lipinski definition) is 2. The van der Waals surface area contributed by atoms with E-state index in [9.17, 15) is 0 Å². The van der Waals surface area contributed by atoms with Gasteiger partial charge < -0.3 is 10.1 Å². The zero-order valence-electron chi connectivity index (χ0n) is 10.5. The van der Waals surface area contributed by atoms with Crippen molar-refractivity contribution >= 4 is 17.2 Å². The van der Waals surface area contributed by atoms with E-state index in [-0.39, 0.29) is 6.04 Å². The number of rotatable bonds is 2. The molecule has 0 aliphatic heterocycles. The maximum Gasteiger partial charge on any atom is 0.138 e. The zero-order valence-corrected chi connectivity index (χ0v) is 11.3. The summed E-state index contributed by atoms with van der Waals surface area (Å²) in [5, 5.41) is 0.692. The van der Waals surface area contributed by atoms with Crippen molar-refractivity contribution in [1.29, 1.82) is 0 Å². The molecule has 0 fully saturated rings. The molecule has 2 N–H and O–H groups in total. The van der Waals surface area contributed by atoms with E-state index in [1.807, 2.05) is 60.1 Å². The Balaban J connectivity index is 2.03. The van der Waals surface area contributed by atoms with E-state index >= 15 is 0 Å². The van der Waals surface area contributed by atoms with Crippen molar-refractivity contribution in [3.8, 4) is 11.3 Å². The van der Waals surface area contributed by atoms with Crippen molar-refractivity contribution in [2.45, 2.75) is 13.0 Å². The van der Waals surface area contributed by atoms with Gasteiger partial charge in [0.25, 0.3) is 0 Å². The third-order valence-electron chi connectivity index (χ3n) is 3.15. The third-order valence-corrected chi connectivity index (χ3v) is 3.39. The van der Waals surface area contributed by atoms with E-state index in [0.717, 1.165) is 22.5 Å². The Kier molecular flexibility index (Phi) is 3.01. The Morgan fingerprint density at radius 2 is 1.95 bits per heavy atom. The fraction of sp³-hybridized carbons (Fsp3) is 0.133. The molecule has 3 nitrogen and oxygen atoms in total. The first-order chi connectivity index (χ1) is 9.13. The molecule has 0 amide bonds. The lowest BCUT2D eigenvalue weighted by molar-refractivity contribution is 0.818. The summed E-state index contributed by atoms with van der Waals surface area (Å²) in [6.07, 6.45) is 3.90. The first-order valence-corrected chi connectivity index (χ1v) is 6.51. The van der Waals surface area contributed by atoms with Crippen LogP contribution in [0.2, 0.25) is 5.02 Å². The number of fused-ring (bicyclic) bond motifs is 1. The molecule has 1 atom stereocenters. The van der Waals surface area contributed by atoms with Gasteiger partial charge in [-0.05, 0) is 18.6 Å². The summed E-state index contributed by atoms with van der Waals surface area (Å²) in [5.74, 6) is 0. The van der Waals surface area contributed by atoms with E-state index in [1.54, 1.807) is 0 Å². The molecular weight excluding hydrogens is 258 g/mol. The van der Waals surface area contributed by atoms with Gasteiger partial charge in [0.1, 0.15) is 5.65 Å². The molecule has 1 unspecified atom stereocenters. The van der Waals surface area contributed by atoms with Crippen LogP contribution >= 0.6 is 11.6 Å². The lowest BCUT2D eigenvalue weighted by Crippen LogP contribution is -2.04. The van der Waals surface area contributed by atoms with E-state index in [4.69, 9.17) is 17.3 Å². The van der Waals surface area contributed by atoms with Gasteiger partial charge in [-0.25, -0.2) is 4.98 Å². The van der Waals surface area contributed by atoms with Gasteiger partial charge in [-0.2, -0.15) is 0 Å². The van der Waals surface area contributed by atoms with Crippen molar-refractivity contribution in [3.05, 3.63) is 59.4 Å². The van der Waals surface area contributed by atoms with Crippen molar-refractivity contribution in [2.24, 2.45) is 5.73 Å². The predicted molar refractivity (Wildman–Crippen MR) is 78.2 cm³/mol. The number of hydrogen-bond donors (Lipinski definition) is 1. The molecule has 2 aromatic heterocycles. The number of halogens is 1. The van der Waals surface area contributed by atoms with Crippen molar-refractivity contribution in [1.82, 2.24) is 9.38 Å². The monoisotopic (exact) mass is 271 g/mol. The van der Waals surface area contributed by atoms with Crippen LogP contribution < -0.4 is 5.73 Å². The van der Waals surface area contributed by atoms with E-state index in [0.29, 0.717) is 5.02 Å². The van der Waals surface area contributed by atoms with Gasteiger partial charge in [0, 0.05) is 35.1 Å². The molecule has 0 saturated heterocycles.